The van der Waals surface area contributed by atoms with Gasteiger partial charge in [0.15, 0.2) is 0 Å². The molecule has 1 amide bonds. The molecule has 4 nitrogen and oxygen atoms in total. The van der Waals surface area contributed by atoms with Gasteiger partial charge in [-0.3, -0.25) is 0 Å². The highest BCUT2D eigenvalue weighted by Gasteiger charge is 2.25. The van der Waals surface area contributed by atoms with Crippen LogP contribution in [0.25, 0.3) is 0 Å². The first-order valence-corrected chi connectivity index (χ1v) is 7.60. The molecule has 1 aliphatic rings. The van der Waals surface area contributed by atoms with Crippen LogP contribution in [0.15, 0.2) is 48.5 Å². The first kappa shape index (κ1) is 15.3. The van der Waals surface area contributed by atoms with Crippen molar-refractivity contribution in [2.75, 3.05) is 13.1 Å². The van der Waals surface area contributed by atoms with Crippen molar-refractivity contribution in [2.24, 2.45) is 5.92 Å². The summed E-state index contributed by atoms with van der Waals surface area (Å²) in [5.41, 5.74) is 1.11. The highest BCUT2D eigenvalue weighted by molar-refractivity contribution is 5.65. The molecule has 1 atom stereocenters. The van der Waals surface area contributed by atoms with E-state index in [9.17, 15) is 9.18 Å². The van der Waals surface area contributed by atoms with Crippen LogP contribution < -0.4 is 4.74 Å². The summed E-state index contributed by atoms with van der Waals surface area (Å²) < 4.78 is 18.6. The second kappa shape index (κ2) is 6.69. The van der Waals surface area contributed by atoms with Crippen molar-refractivity contribution >= 4 is 6.09 Å². The predicted molar refractivity (Wildman–Crippen MR) is 84.3 cm³/mol. The van der Waals surface area contributed by atoms with E-state index in [-0.39, 0.29) is 5.82 Å². The summed E-state index contributed by atoms with van der Waals surface area (Å²) in [6.07, 6.45) is 0.862. The van der Waals surface area contributed by atoms with E-state index in [0.717, 1.165) is 18.4 Å². The largest absolute Gasteiger partial charge is 0.465 e. The molecular formula is C18H18FNO3. The smallest absolute Gasteiger partial charge is 0.407 e. The molecule has 1 aliphatic heterocycles. The molecule has 1 unspecified atom stereocenters. The third kappa shape index (κ3) is 4.00. The summed E-state index contributed by atoms with van der Waals surface area (Å²) in [5.74, 6) is 1.33. The fraction of sp³-hybridized carbons (Fsp3) is 0.278. The first-order valence-electron chi connectivity index (χ1n) is 7.60. The summed E-state index contributed by atoms with van der Waals surface area (Å²) in [6.45, 7) is 1.18. The predicted octanol–water partition coefficient (Wildman–Crippen LogP) is 4.16. The van der Waals surface area contributed by atoms with Crippen LogP contribution in [0.1, 0.15) is 12.0 Å². The number of ether oxygens (including phenoxy) is 1. The lowest BCUT2D eigenvalue weighted by Crippen LogP contribution is -2.26. The number of rotatable bonds is 4. The number of carbonyl (C=O) groups is 1. The Morgan fingerprint density at radius 1 is 1.22 bits per heavy atom. The van der Waals surface area contributed by atoms with Gasteiger partial charge in [-0.25, -0.2) is 9.18 Å². The van der Waals surface area contributed by atoms with Crippen LogP contribution >= 0.6 is 0 Å². The lowest BCUT2D eigenvalue weighted by atomic mass is 9.98. The number of amides is 1. The zero-order valence-electron chi connectivity index (χ0n) is 12.6. The van der Waals surface area contributed by atoms with E-state index in [0.29, 0.717) is 30.5 Å². The Morgan fingerprint density at radius 3 is 2.70 bits per heavy atom. The summed E-state index contributed by atoms with van der Waals surface area (Å²) in [6, 6.07) is 13.6. The molecule has 23 heavy (non-hydrogen) atoms. The van der Waals surface area contributed by atoms with Crippen LogP contribution in [0.2, 0.25) is 0 Å². The number of hydrogen-bond donors (Lipinski definition) is 1. The molecule has 1 N–H and O–H groups in total. The van der Waals surface area contributed by atoms with Gasteiger partial charge in [0.1, 0.15) is 17.3 Å². The highest BCUT2D eigenvalue weighted by atomic mass is 19.1. The van der Waals surface area contributed by atoms with Crippen molar-refractivity contribution in [3.8, 4) is 11.5 Å². The third-order valence-electron chi connectivity index (χ3n) is 4.03. The van der Waals surface area contributed by atoms with Gasteiger partial charge in [-0.05, 0) is 60.7 Å². The van der Waals surface area contributed by atoms with Crippen molar-refractivity contribution in [2.45, 2.75) is 12.8 Å². The molecule has 120 valence electrons. The molecule has 0 aromatic heterocycles. The normalized spacial score (nSPS) is 17.3. The molecule has 0 radical (unpaired) electrons. The number of carboxylic acid groups (broad SMARTS) is 1. The fourth-order valence-electron chi connectivity index (χ4n) is 2.88. The molecule has 0 spiro atoms. The summed E-state index contributed by atoms with van der Waals surface area (Å²) in [7, 11) is 0. The molecule has 1 saturated heterocycles. The van der Waals surface area contributed by atoms with Gasteiger partial charge in [0.2, 0.25) is 0 Å². The van der Waals surface area contributed by atoms with E-state index in [2.05, 4.69) is 0 Å². The Kier molecular flexibility index (Phi) is 4.46. The second-order valence-corrected chi connectivity index (χ2v) is 5.79. The van der Waals surface area contributed by atoms with Crippen LogP contribution in [0.3, 0.4) is 0 Å². The van der Waals surface area contributed by atoms with E-state index in [1.54, 1.807) is 12.1 Å². The Hall–Kier alpha value is -2.56. The molecule has 3 rings (SSSR count). The maximum absolute atomic E-state index is 12.9. The van der Waals surface area contributed by atoms with E-state index in [1.807, 2.05) is 24.3 Å². The minimum Gasteiger partial charge on any atom is -0.465 e. The van der Waals surface area contributed by atoms with Gasteiger partial charge in [-0.15, -0.1) is 0 Å². The fourth-order valence-corrected chi connectivity index (χ4v) is 2.88. The molecule has 5 heteroatoms. The van der Waals surface area contributed by atoms with Crippen LogP contribution in [-0.2, 0) is 6.42 Å². The summed E-state index contributed by atoms with van der Waals surface area (Å²) in [5, 5.41) is 9.00. The minimum atomic E-state index is -0.846. The van der Waals surface area contributed by atoms with Crippen molar-refractivity contribution in [1.82, 2.24) is 4.90 Å². The maximum atomic E-state index is 12.9. The van der Waals surface area contributed by atoms with Crippen molar-refractivity contribution < 1.29 is 19.0 Å². The molecule has 2 aromatic rings. The van der Waals surface area contributed by atoms with Gasteiger partial charge in [-0.1, -0.05) is 12.1 Å². The van der Waals surface area contributed by atoms with Gasteiger partial charge in [0, 0.05) is 13.1 Å². The van der Waals surface area contributed by atoms with E-state index in [1.165, 1.54) is 17.0 Å². The lowest BCUT2D eigenvalue weighted by molar-refractivity contribution is 0.154. The Balaban J connectivity index is 1.63. The van der Waals surface area contributed by atoms with Gasteiger partial charge < -0.3 is 14.7 Å². The topological polar surface area (TPSA) is 49.8 Å². The monoisotopic (exact) mass is 315 g/mol. The maximum Gasteiger partial charge on any atom is 0.407 e. The van der Waals surface area contributed by atoms with E-state index >= 15 is 0 Å². The molecule has 0 saturated carbocycles. The van der Waals surface area contributed by atoms with Crippen LogP contribution in [0.5, 0.6) is 11.5 Å². The summed E-state index contributed by atoms with van der Waals surface area (Å²) >= 11 is 0. The standard InChI is InChI=1S/C18H18FNO3/c19-15-4-6-16(7-5-15)23-17-3-1-2-13(11-17)10-14-8-9-20(12-14)18(21)22/h1-7,11,14H,8-10,12H2,(H,21,22). The van der Waals surface area contributed by atoms with Gasteiger partial charge >= 0.3 is 6.09 Å². The number of benzene rings is 2. The second-order valence-electron chi connectivity index (χ2n) is 5.79. The zero-order valence-corrected chi connectivity index (χ0v) is 12.6. The van der Waals surface area contributed by atoms with Crippen LogP contribution in [-0.4, -0.2) is 29.2 Å². The van der Waals surface area contributed by atoms with Crippen LogP contribution in [0, 0.1) is 11.7 Å². The third-order valence-corrected chi connectivity index (χ3v) is 4.03. The molecule has 2 aromatic carbocycles. The van der Waals surface area contributed by atoms with Gasteiger partial charge in [0.25, 0.3) is 0 Å². The zero-order chi connectivity index (χ0) is 16.2. The van der Waals surface area contributed by atoms with Crippen molar-refractivity contribution in [3.05, 3.63) is 59.9 Å². The molecule has 0 aliphatic carbocycles. The van der Waals surface area contributed by atoms with Crippen molar-refractivity contribution in [1.29, 1.82) is 0 Å². The number of halogens is 1. The Bertz CT molecular complexity index is 687. The molecule has 0 bridgehead atoms. The number of likely N-dealkylation sites (tertiary alicyclic amines) is 1. The number of hydrogen-bond acceptors (Lipinski definition) is 2. The lowest BCUT2D eigenvalue weighted by Gasteiger charge is -2.13. The van der Waals surface area contributed by atoms with Gasteiger partial charge in [-0.2, -0.15) is 0 Å². The number of nitrogens with zero attached hydrogens (tertiary/aromatic N) is 1. The first-order chi connectivity index (χ1) is 11.1. The van der Waals surface area contributed by atoms with Crippen molar-refractivity contribution in [3.63, 3.8) is 0 Å². The van der Waals surface area contributed by atoms with Gasteiger partial charge in [0.05, 0.1) is 0 Å². The van der Waals surface area contributed by atoms with E-state index in [4.69, 9.17) is 9.84 Å². The minimum absolute atomic E-state index is 0.296. The quantitative estimate of drug-likeness (QED) is 0.921. The molecular weight excluding hydrogens is 297 g/mol. The highest BCUT2D eigenvalue weighted by Crippen LogP contribution is 2.26. The Morgan fingerprint density at radius 2 is 2.00 bits per heavy atom. The average Bonchev–Trinajstić information content (AvgIpc) is 2.99. The average molecular weight is 315 g/mol. The van der Waals surface area contributed by atoms with E-state index < -0.39 is 6.09 Å². The molecule has 1 heterocycles. The van der Waals surface area contributed by atoms with Crippen LogP contribution in [0.4, 0.5) is 9.18 Å². The molecule has 1 fully saturated rings. The SMILES string of the molecule is O=C(O)N1CCC(Cc2cccc(Oc3ccc(F)cc3)c2)C1. The Labute approximate surface area is 134 Å². The summed E-state index contributed by atoms with van der Waals surface area (Å²) in [4.78, 5) is 12.4.